The van der Waals surface area contributed by atoms with Gasteiger partial charge in [0.15, 0.2) is 0 Å². The maximum absolute atomic E-state index is 10.7. The number of aromatic nitrogens is 3. The fraction of sp³-hybridized carbons (Fsp3) is 0.100. The van der Waals surface area contributed by atoms with Crippen LogP contribution in [-0.4, -0.2) is 31.7 Å². The van der Waals surface area contributed by atoms with Crippen molar-refractivity contribution in [2.75, 3.05) is 0 Å². The summed E-state index contributed by atoms with van der Waals surface area (Å²) in [5.74, 6) is -0.341. The zero-order chi connectivity index (χ0) is 11.5. The number of carbonyl (C=O) groups is 1. The first-order chi connectivity index (χ1) is 7.65. The molecule has 0 unspecified atom stereocenters. The number of hydrogen-bond acceptors (Lipinski definition) is 5. The van der Waals surface area contributed by atoms with Gasteiger partial charge in [0.2, 0.25) is 0 Å². The van der Waals surface area contributed by atoms with Gasteiger partial charge in [-0.25, -0.2) is 4.79 Å². The van der Waals surface area contributed by atoms with Gasteiger partial charge >= 0.3 is 5.97 Å². The van der Waals surface area contributed by atoms with E-state index in [0.717, 1.165) is 4.85 Å². The van der Waals surface area contributed by atoms with Crippen LogP contribution in [-0.2, 0) is 4.79 Å². The van der Waals surface area contributed by atoms with Crippen LogP contribution in [0.2, 0.25) is 0 Å². The predicted molar refractivity (Wildman–Crippen MR) is 58.0 cm³/mol. The Bertz CT molecular complexity index is 524. The molecule has 0 fully saturated rings. The van der Waals surface area contributed by atoms with Crippen molar-refractivity contribution in [2.45, 2.75) is 6.92 Å². The van der Waals surface area contributed by atoms with E-state index in [1.54, 1.807) is 24.3 Å². The highest BCUT2D eigenvalue weighted by Crippen LogP contribution is 2.20. The summed E-state index contributed by atoms with van der Waals surface area (Å²) in [6.07, 6.45) is 1.45. The zero-order valence-corrected chi connectivity index (χ0v) is 8.99. The summed E-state index contributed by atoms with van der Waals surface area (Å²) in [6, 6.07) is 6.56. The first kappa shape index (κ1) is 12.7. The molecule has 7 heteroatoms. The molecule has 0 saturated carbocycles. The molecule has 0 aliphatic carbocycles. The number of rotatable bonds is 2. The van der Waals surface area contributed by atoms with Crippen molar-refractivity contribution in [3.63, 3.8) is 0 Å². The van der Waals surface area contributed by atoms with E-state index < -0.39 is 5.97 Å². The second kappa shape index (κ2) is 5.08. The summed E-state index contributed by atoms with van der Waals surface area (Å²) in [7, 11) is 0. The van der Waals surface area contributed by atoms with Crippen LogP contribution in [0.25, 0.3) is 11.3 Å². The summed E-state index contributed by atoms with van der Waals surface area (Å²) in [4.78, 5) is 16.3. The smallest absolute Gasteiger partial charge is 0.331 e. The first-order valence-electron chi connectivity index (χ1n) is 4.56. The molecule has 1 aromatic carbocycles. The van der Waals surface area contributed by atoms with Gasteiger partial charge in [-0.1, -0.05) is 17.0 Å². The molecule has 17 heavy (non-hydrogen) atoms. The molecule has 1 aromatic heterocycles. The molecule has 0 bridgehead atoms. The standard InChI is InChI=1S/C10H9N3O3.H2O/c1-7(14)16-13-6-10(11-12-13)8-3-2-4-9(15)5-8;/h2-6,15H,1H3;1H2. The topological polar surface area (TPSA) is 109 Å². The van der Waals surface area contributed by atoms with E-state index in [0.29, 0.717) is 11.3 Å². The molecule has 0 amide bonds. The lowest BCUT2D eigenvalue weighted by Gasteiger charge is -1.96. The van der Waals surface area contributed by atoms with Gasteiger partial charge in [-0.3, -0.25) is 0 Å². The minimum absolute atomic E-state index is 0. The summed E-state index contributed by atoms with van der Waals surface area (Å²) in [6.45, 7) is 1.27. The van der Waals surface area contributed by atoms with Crippen LogP contribution in [0.1, 0.15) is 6.92 Å². The van der Waals surface area contributed by atoms with Crippen LogP contribution >= 0.6 is 0 Å². The molecule has 90 valence electrons. The van der Waals surface area contributed by atoms with Crippen LogP contribution in [0.4, 0.5) is 0 Å². The maximum atomic E-state index is 10.7. The molecule has 2 aromatic rings. The highest BCUT2D eigenvalue weighted by Gasteiger charge is 2.06. The number of aromatic hydroxyl groups is 1. The van der Waals surface area contributed by atoms with Crippen LogP contribution in [0, 0.1) is 0 Å². The number of phenolic OH excluding ortho intramolecular Hbond substituents is 1. The highest BCUT2D eigenvalue weighted by atomic mass is 16.7. The first-order valence-corrected chi connectivity index (χ1v) is 4.56. The van der Waals surface area contributed by atoms with Crippen molar-refractivity contribution in [3.05, 3.63) is 30.5 Å². The molecule has 0 aliphatic heterocycles. The lowest BCUT2D eigenvalue weighted by molar-refractivity contribution is -0.143. The number of hydrogen-bond donors (Lipinski definition) is 1. The molecular formula is C10H11N3O4. The van der Waals surface area contributed by atoms with Gasteiger partial charge in [0.1, 0.15) is 11.4 Å². The van der Waals surface area contributed by atoms with E-state index in [9.17, 15) is 9.90 Å². The summed E-state index contributed by atoms with van der Waals surface area (Å²) < 4.78 is 0. The third kappa shape index (κ3) is 3.02. The molecule has 1 heterocycles. The lowest BCUT2D eigenvalue weighted by atomic mass is 10.2. The van der Waals surface area contributed by atoms with Gasteiger partial charge in [-0.15, -0.1) is 5.10 Å². The van der Waals surface area contributed by atoms with Crippen LogP contribution in [0.15, 0.2) is 30.5 Å². The van der Waals surface area contributed by atoms with E-state index in [2.05, 4.69) is 15.1 Å². The van der Waals surface area contributed by atoms with E-state index in [1.807, 2.05) is 0 Å². The maximum Gasteiger partial charge on any atom is 0.331 e. The molecule has 0 spiro atoms. The fourth-order valence-electron chi connectivity index (χ4n) is 1.22. The SMILES string of the molecule is CC(=O)On1cc(-c2cccc(O)c2)nn1.O. The summed E-state index contributed by atoms with van der Waals surface area (Å²) in [5, 5.41) is 16.7. The molecular weight excluding hydrogens is 226 g/mol. The van der Waals surface area contributed by atoms with E-state index in [4.69, 9.17) is 0 Å². The lowest BCUT2D eigenvalue weighted by Crippen LogP contribution is -2.16. The van der Waals surface area contributed by atoms with Gasteiger partial charge in [0.05, 0.1) is 6.20 Å². The van der Waals surface area contributed by atoms with E-state index >= 15 is 0 Å². The molecule has 0 atom stereocenters. The Hall–Kier alpha value is -2.41. The van der Waals surface area contributed by atoms with Gasteiger partial charge < -0.3 is 15.4 Å². The minimum Gasteiger partial charge on any atom is -0.508 e. The Balaban J connectivity index is 0.00000144. The Kier molecular flexibility index (Phi) is 3.78. The summed E-state index contributed by atoms with van der Waals surface area (Å²) in [5.41, 5.74) is 1.20. The Morgan fingerprint density at radius 2 is 2.24 bits per heavy atom. The van der Waals surface area contributed by atoms with Crippen molar-refractivity contribution in [3.8, 4) is 17.0 Å². The van der Waals surface area contributed by atoms with Crippen LogP contribution < -0.4 is 4.84 Å². The third-order valence-electron chi connectivity index (χ3n) is 1.84. The highest BCUT2D eigenvalue weighted by molar-refractivity contribution is 5.66. The second-order valence-electron chi connectivity index (χ2n) is 3.14. The average molecular weight is 237 g/mol. The summed E-state index contributed by atoms with van der Waals surface area (Å²) >= 11 is 0. The fourth-order valence-corrected chi connectivity index (χ4v) is 1.22. The number of phenols is 1. The van der Waals surface area contributed by atoms with Crippen LogP contribution in [0.5, 0.6) is 5.75 Å². The minimum atomic E-state index is -0.479. The molecule has 2 rings (SSSR count). The van der Waals surface area contributed by atoms with E-state index in [-0.39, 0.29) is 11.2 Å². The van der Waals surface area contributed by atoms with Gasteiger partial charge in [-0.2, -0.15) is 0 Å². The monoisotopic (exact) mass is 237 g/mol. The predicted octanol–water partition coefficient (Wildman–Crippen LogP) is -0.199. The van der Waals surface area contributed by atoms with Gasteiger partial charge in [0, 0.05) is 12.5 Å². The Labute approximate surface area is 96.5 Å². The number of nitrogens with zero attached hydrogens (tertiary/aromatic N) is 3. The molecule has 0 aliphatic rings. The molecule has 3 N–H and O–H groups in total. The number of benzene rings is 1. The zero-order valence-electron chi connectivity index (χ0n) is 8.99. The van der Waals surface area contributed by atoms with Crippen molar-refractivity contribution >= 4 is 5.97 Å². The van der Waals surface area contributed by atoms with Crippen molar-refractivity contribution < 1.29 is 20.2 Å². The van der Waals surface area contributed by atoms with Gasteiger partial charge in [-0.05, 0) is 17.3 Å². The Morgan fingerprint density at radius 3 is 2.88 bits per heavy atom. The van der Waals surface area contributed by atoms with Crippen LogP contribution in [0.3, 0.4) is 0 Å². The van der Waals surface area contributed by atoms with Crippen molar-refractivity contribution in [1.29, 1.82) is 0 Å². The number of carbonyl (C=O) groups excluding carboxylic acids is 1. The van der Waals surface area contributed by atoms with Gasteiger partial charge in [0.25, 0.3) is 0 Å². The average Bonchev–Trinajstić information content (AvgIpc) is 2.65. The molecule has 0 saturated heterocycles. The molecule has 7 nitrogen and oxygen atoms in total. The normalized spacial score (nSPS) is 9.47. The third-order valence-corrected chi connectivity index (χ3v) is 1.84. The van der Waals surface area contributed by atoms with Crippen molar-refractivity contribution in [2.24, 2.45) is 0 Å². The second-order valence-corrected chi connectivity index (χ2v) is 3.14. The van der Waals surface area contributed by atoms with Crippen molar-refractivity contribution in [1.82, 2.24) is 15.2 Å². The quantitative estimate of drug-likeness (QED) is 0.727. The molecule has 0 radical (unpaired) electrons. The Morgan fingerprint density at radius 1 is 1.47 bits per heavy atom. The largest absolute Gasteiger partial charge is 0.508 e. The van der Waals surface area contributed by atoms with E-state index in [1.165, 1.54) is 13.1 Å².